The van der Waals surface area contributed by atoms with Crippen molar-refractivity contribution in [2.24, 2.45) is 0 Å². The molecule has 0 aliphatic carbocycles. The molecule has 1 aromatic heterocycles. The summed E-state index contributed by atoms with van der Waals surface area (Å²) in [7, 11) is 0. The average Bonchev–Trinajstić information content (AvgIpc) is 2.46. The Morgan fingerprint density at radius 1 is 1.14 bits per heavy atom. The topological polar surface area (TPSA) is 67.5 Å². The van der Waals surface area contributed by atoms with Crippen molar-refractivity contribution in [2.45, 2.75) is 19.8 Å². The monoisotopic (exact) mass is 282 g/mol. The number of ketones is 1. The van der Waals surface area contributed by atoms with Gasteiger partial charge in [-0.1, -0.05) is 19.1 Å². The summed E-state index contributed by atoms with van der Waals surface area (Å²) < 4.78 is 5.25. The number of Topliss-reactive ketones (excluding diaryl/α,β-unsaturated/α-hetero) is 1. The number of rotatable bonds is 3. The first-order valence-electron chi connectivity index (χ1n) is 6.83. The molecule has 3 aromatic rings. The Kier molecular flexibility index (Phi) is 3.22. The van der Waals surface area contributed by atoms with E-state index in [1.54, 1.807) is 30.3 Å². The van der Waals surface area contributed by atoms with Crippen LogP contribution in [0.4, 0.5) is 0 Å². The van der Waals surface area contributed by atoms with Gasteiger partial charge < -0.3 is 9.52 Å². The molecule has 0 saturated heterocycles. The van der Waals surface area contributed by atoms with Gasteiger partial charge in [0.15, 0.2) is 5.78 Å². The van der Waals surface area contributed by atoms with Gasteiger partial charge in [0.05, 0.1) is 0 Å². The van der Waals surface area contributed by atoms with E-state index in [1.807, 2.05) is 13.0 Å². The molecule has 3 rings (SSSR count). The van der Waals surface area contributed by atoms with E-state index in [0.717, 1.165) is 10.8 Å². The molecule has 21 heavy (non-hydrogen) atoms. The zero-order chi connectivity index (χ0) is 15.0. The lowest BCUT2D eigenvalue weighted by Gasteiger charge is -2.05. The fourth-order valence-corrected chi connectivity index (χ4v) is 2.46. The van der Waals surface area contributed by atoms with Gasteiger partial charge >= 0.3 is 5.63 Å². The number of fused-ring (bicyclic) bond motifs is 3. The second-order valence-electron chi connectivity index (χ2n) is 5.00. The van der Waals surface area contributed by atoms with Gasteiger partial charge in [0.1, 0.15) is 16.9 Å². The van der Waals surface area contributed by atoms with Gasteiger partial charge in [-0.25, -0.2) is 4.79 Å². The van der Waals surface area contributed by atoms with E-state index in [-0.39, 0.29) is 17.1 Å². The first-order chi connectivity index (χ1) is 10.1. The van der Waals surface area contributed by atoms with Crippen molar-refractivity contribution in [3.8, 4) is 5.75 Å². The van der Waals surface area contributed by atoms with Crippen molar-refractivity contribution in [1.29, 1.82) is 0 Å². The van der Waals surface area contributed by atoms with Crippen LogP contribution in [-0.2, 0) is 0 Å². The van der Waals surface area contributed by atoms with Crippen LogP contribution in [0.25, 0.3) is 21.7 Å². The molecule has 0 saturated carbocycles. The maximum atomic E-state index is 12.0. The molecular weight excluding hydrogens is 268 g/mol. The smallest absolute Gasteiger partial charge is 0.347 e. The minimum Gasteiger partial charge on any atom is -0.508 e. The minimum atomic E-state index is -0.611. The van der Waals surface area contributed by atoms with Crippen molar-refractivity contribution in [2.75, 3.05) is 0 Å². The van der Waals surface area contributed by atoms with E-state index in [2.05, 4.69) is 0 Å². The zero-order valence-corrected chi connectivity index (χ0v) is 11.6. The van der Waals surface area contributed by atoms with Crippen LogP contribution < -0.4 is 5.63 Å². The van der Waals surface area contributed by atoms with Gasteiger partial charge in [-0.3, -0.25) is 4.79 Å². The SMILES string of the molecule is CCCC(=O)c1cc2c(ccc3ccc(O)cc32)oc1=O. The summed E-state index contributed by atoms with van der Waals surface area (Å²) in [6.45, 7) is 1.88. The van der Waals surface area contributed by atoms with E-state index in [4.69, 9.17) is 4.42 Å². The molecule has 106 valence electrons. The first-order valence-corrected chi connectivity index (χ1v) is 6.83. The molecule has 0 atom stereocenters. The summed E-state index contributed by atoms with van der Waals surface area (Å²) in [5.74, 6) is -0.0899. The summed E-state index contributed by atoms with van der Waals surface area (Å²) >= 11 is 0. The second-order valence-corrected chi connectivity index (χ2v) is 5.00. The van der Waals surface area contributed by atoms with E-state index < -0.39 is 5.63 Å². The fourth-order valence-electron chi connectivity index (χ4n) is 2.46. The normalized spacial score (nSPS) is 11.1. The number of carbonyl (C=O) groups excluding carboxylic acids is 1. The van der Waals surface area contributed by atoms with Gasteiger partial charge in [-0.05, 0) is 41.5 Å². The van der Waals surface area contributed by atoms with Crippen molar-refractivity contribution in [3.63, 3.8) is 0 Å². The van der Waals surface area contributed by atoms with Crippen LogP contribution in [0.3, 0.4) is 0 Å². The molecule has 0 radical (unpaired) electrons. The van der Waals surface area contributed by atoms with Gasteiger partial charge in [0.2, 0.25) is 0 Å². The highest BCUT2D eigenvalue weighted by Crippen LogP contribution is 2.28. The molecule has 0 unspecified atom stereocenters. The van der Waals surface area contributed by atoms with Crippen LogP contribution in [0.2, 0.25) is 0 Å². The Labute approximate surface area is 120 Å². The Hall–Kier alpha value is -2.62. The minimum absolute atomic E-state index is 0.0696. The number of aromatic hydroxyl groups is 1. The quantitative estimate of drug-likeness (QED) is 0.452. The van der Waals surface area contributed by atoms with Gasteiger partial charge in [-0.15, -0.1) is 0 Å². The predicted molar refractivity (Wildman–Crippen MR) is 80.9 cm³/mol. The van der Waals surface area contributed by atoms with Crippen molar-refractivity contribution < 1.29 is 14.3 Å². The van der Waals surface area contributed by atoms with E-state index in [9.17, 15) is 14.7 Å². The van der Waals surface area contributed by atoms with Crippen LogP contribution in [-0.4, -0.2) is 10.9 Å². The number of hydrogen-bond donors (Lipinski definition) is 1. The largest absolute Gasteiger partial charge is 0.508 e. The summed E-state index contributed by atoms with van der Waals surface area (Å²) in [5.41, 5.74) is -0.133. The number of phenolic OH excluding ortho intramolecular Hbond substituents is 1. The summed E-state index contributed by atoms with van der Waals surface area (Å²) in [6.07, 6.45) is 0.985. The van der Waals surface area contributed by atoms with Crippen LogP contribution in [0, 0.1) is 0 Å². The highest BCUT2D eigenvalue weighted by molar-refractivity contribution is 6.08. The van der Waals surface area contributed by atoms with Crippen molar-refractivity contribution in [3.05, 3.63) is 52.4 Å². The van der Waals surface area contributed by atoms with Crippen molar-refractivity contribution in [1.82, 2.24) is 0 Å². The predicted octanol–water partition coefficient (Wildman–Crippen LogP) is 3.63. The Balaban J connectivity index is 2.36. The summed E-state index contributed by atoms with van der Waals surface area (Å²) in [6, 6.07) is 10.1. The number of hydrogen-bond acceptors (Lipinski definition) is 4. The molecule has 1 heterocycles. The summed E-state index contributed by atoms with van der Waals surface area (Å²) in [4.78, 5) is 23.9. The lowest BCUT2D eigenvalue weighted by Crippen LogP contribution is -2.13. The maximum absolute atomic E-state index is 12.0. The molecule has 0 aliphatic heterocycles. The third kappa shape index (κ3) is 2.29. The number of benzene rings is 2. The van der Waals surface area contributed by atoms with Crippen LogP contribution in [0.5, 0.6) is 5.75 Å². The highest BCUT2D eigenvalue weighted by atomic mass is 16.4. The van der Waals surface area contributed by atoms with Gasteiger partial charge in [-0.2, -0.15) is 0 Å². The molecular formula is C17H14O4. The van der Waals surface area contributed by atoms with E-state index in [0.29, 0.717) is 23.8 Å². The van der Waals surface area contributed by atoms with Crippen molar-refractivity contribution >= 4 is 27.5 Å². The van der Waals surface area contributed by atoms with E-state index >= 15 is 0 Å². The lowest BCUT2D eigenvalue weighted by atomic mass is 10.0. The van der Waals surface area contributed by atoms with Gasteiger partial charge in [0, 0.05) is 11.8 Å². The Morgan fingerprint density at radius 3 is 2.67 bits per heavy atom. The first kappa shape index (κ1) is 13.4. The molecule has 0 spiro atoms. The molecule has 4 heteroatoms. The van der Waals surface area contributed by atoms with Crippen LogP contribution in [0.1, 0.15) is 30.1 Å². The number of carbonyl (C=O) groups is 1. The van der Waals surface area contributed by atoms with E-state index in [1.165, 1.54) is 0 Å². The number of phenols is 1. The molecule has 2 aromatic carbocycles. The van der Waals surface area contributed by atoms with Crippen LogP contribution >= 0.6 is 0 Å². The lowest BCUT2D eigenvalue weighted by molar-refractivity contribution is 0.0978. The molecule has 0 amide bonds. The molecule has 4 nitrogen and oxygen atoms in total. The second kappa shape index (κ2) is 5.05. The Morgan fingerprint density at radius 2 is 1.90 bits per heavy atom. The third-order valence-electron chi connectivity index (χ3n) is 3.50. The standard InChI is InChI=1S/C17H14O4/c1-2-3-15(19)14-9-13-12-8-11(18)6-4-10(12)5-7-16(13)21-17(14)20/h4-9,18H,2-3H2,1H3. The summed E-state index contributed by atoms with van der Waals surface area (Å²) in [5, 5.41) is 12.0. The maximum Gasteiger partial charge on any atom is 0.347 e. The molecule has 1 N–H and O–H groups in total. The average molecular weight is 282 g/mol. The Bertz CT molecular complexity index is 906. The fraction of sp³-hybridized carbons (Fsp3) is 0.176. The van der Waals surface area contributed by atoms with Crippen LogP contribution in [0.15, 0.2) is 45.6 Å². The molecule has 0 bridgehead atoms. The third-order valence-corrected chi connectivity index (χ3v) is 3.50. The molecule has 0 aliphatic rings. The zero-order valence-electron chi connectivity index (χ0n) is 11.6. The molecule has 0 fully saturated rings. The van der Waals surface area contributed by atoms with Gasteiger partial charge in [0.25, 0.3) is 0 Å². The highest BCUT2D eigenvalue weighted by Gasteiger charge is 2.14.